The molecule has 1 heterocycles. The first kappa shape index (κ1) is 6.99. The van der Waals surface area contributed by atoms with Crippen molar-refractivity contribution < 1.29 is 14.2 Å². The van der Waals surface area contributed by atoms with Gasteiger partial charge in [-0.15, -0.1) is 0 Å². The third kappa shape index (κ3) is 2.30. The summed E-state index contributed by atoms with van der Waals surface area (Å²) in [6, 6.07) is 0. The summed E-state index contributed by atoms with van der Waals surface area (Å²) >= 11 is 0. The van der Waals surface area contributed by atoms with Crippen LogP contribution in [0.4, 0.5) is 0 Å². The van der Waals surface area contributed by atoms with Gasteiger partial charge in [0.2, 0.25) is 0 Å². The molecule has 0 aliphatic carbocycles. The van der Waals surface area contributed by atoms with E-state index in [1.54, 1.807) is 0 Å². The van der Waals surface area contributed by atoms with Gasteiger partial charge in [0.25, 0.3) is 0 Å². The van der Waals surface area contributed by atoms with E-state index in [-0.39, 0.29) is 6.29 Å². The lowest BCUT2D eigenvalue weighted by Gasteiger charge is -2.21. The molecule has 0 bridgehead atoms. The van der Waals surface area contributed by atoms with Gasteiger partial charge in [0.15, 0.2) is 6.29 Å². The van der Waals surface area contributed by atoms with Gasteiger partial charge in [0.05, 0.1) is 19.8 Å². The highest BCUT2D eigenvalue weighted by Gasteiger charge is 2.12. The van der Waals surface area contributed by atoms with E-state index >= 15 is 0 Å². The Balaban J connectivity index is 2.08. The molecule has 1 unspecified atom stereocenters. The molecule has 0 spiro atoms. The average molecular weight is 131 g/mol. The van der Waals surface area contributed by atoms with Gasteiger partial charge in [0.1, 0.15) is 0 Å². The maximum Gasteiger partial charge on any atom is 0.180 e. The van der Waals surface area contributed by atoms with Gasteiger partial charge < -0.3 is 14.2 Å². The number of hydrogen-bond acceptors (Lipinski definition) is 3. The molecule has 1 rings (SSSR count). The van der Waals surface area contributed by atoms with E-state index in [0.717, 1.165) is 0 Å². The summed E-state index contributed by atoms with van der Waals surface area (Å²) in [6.45, 7) is 5.80. The van der Waals surface area contributed by atoms with Gasteiger partial charge in [-0.05, 0) is 6.92 Å². The minimum atomic E-state index is -0.184. The van der Waals surface area contributed by atoms with Gasteiger partial charge in [-0.25, -0.2) is 0 Å². The molecule has 3 heteroatoms. The van der Waals surface area contributed by atoms with Gasteiger partial charge in [-0.3, -0.25) is 0 Å². The largest absolute Gasteiger partial charge is 0.374 e. The average Bonchev–Trinajstić information content (AvgIpc) is 1.91. The van der Waals surface area contributed by atoms with Crippen LogP contribution in [-0.2, 0) is 14.2 Å². The summed E-state index contributed by atoms with van der Waals surface area (Å²) in [5.74, 6) is 0. The molecule has 1 aliphatic rings. The molecule has 0 aromatic heterocycles. The van der Waals surface area contributed by atoms with E-state index in [4.69, 9.17) is 14.2 Å². The van der Waals surface area contributed by atoms with Crippen molar-refractivity contribution in [1.29, 1.82) is 0 Å². The highest BCUT2D eigenvalue weighted by Crippen LogP contribution is 2.00. The van der Waals surface area contributed by atoms with Crippen LogP contribution in [0.2, 0.25) is 0 Å². The first-order valence-corrected chi connectivity index (χ1v) is 3.03. The lowest BCUT2D eigenvalue weighted by molar-refractivity contribution is -0.206. The van der Waals surface area contributed by atoms with Crippen molar-refractivity contribution in [2.75, 3.05) is 26.4 Å². The molecule has 0 N–H and O–H groups in total. The fourth-order valence-electron chi connectivity index (χ4n) is 0.694. The molecule has 9 heavy (non-hydrogen) atoms. The Labute approximate surface area is 54.9 Å². The molecule has 0 aromatic carbocycles. The molecule has 1 aliphatic heterocycles. The Bertz CT molecular complexity index is 65.9. The van der Waals surface area contributed by atoms with Crippen LogP contribution in [0.5, 0.6) is 0 Å². The van der Waals surface area contributed by atoms with E-state index in [0.29, 0.717) is 26.4 Å². The fraction of sp³-hybridized carbons (Fsp3) is 0.833. The highest BCUT2D eigenvalue weighted by atomic mass is 16.7. The summed E-state index contributed by atoms with van der Waals surface area (Å²) in [5.41, 5.74) is 0. The third-order valence-corrected chi connectivity index (χ3v) is 1.09. The zero-order chi connectivity index (χ0) is 6.53. The molecule has 1 radical (unpaired) electrons. The standard InChI is InChI=1S/C6H11O3/c1-2-8-6-5-7-3-4-9-6/h6H,1-5H2. The van der Waals surface area contributed by atoms with E-state index in [1.807, 2.05) is 0 Å². The monoisotopic (exact) mass is 131 g/mol. The maximum atomic E-state index is 5.13. The predicted octanol–water partition coefficient (Wildman–Crippen LogP) is 0.210. The predicted molar refractivity (Wildman–Crippen MR) is 31.9 cm³/mol. The SMILES string of the molecule is [CH2]COC1COCCO1. The zero-order valence-corrected chi connectivity index (χ0v) is 5.34. The summed E-state index contributed by atoms with van der Waals surface area (Å²) < 4.78 is 15.2. The van der Waals surface area contributed by atoms with Crippen LogP contribution < -0.4 is 0 Å². The van der Waals surface area contributed by atoms with Crippen molar-refractivity contribution in [3.8, 4) is 0 Å². The molecule has 1 atom stereocenters. The third-order valence-electron chi connectivity index (χ3n) is 1.09. The maximum absolute atomic E-state index is 5.13. The minimum absolute atomic E-state index is 0.184. The Kier molecular flexibility index (Phi) is 2.97. The first-order chi connectivity index (χ1) is 4.43. The van der Waals surface area contributed by atoms with Crippen molar-refractivity contribution in [3.05, 3.63) is 6.92 Å². The lowest BCUT2D eigenvalue weighted by atomic mass is 10.6. The van der Waals surface area contributed by atoms with Crippen LogP contribution in [0.15, 0.2) is 0 Å². The Hall–Kier alpha value is -0.120. The highest BCUT2D eigenvalue weighted by molar-refractivity contribution is 4.48. The van der Waals surface area contributed by atoms with Crippen molar-refractivity contribution in [3.63, 3.8) is 0 Å². The van der Waals surface area contributed by atoms with E-state index < -0.39 is 0 Å². The zero-order valence-electron chi connectivity index (χ0n) is 5.34. The minimum Gasteiger partial charge on any atom is -0.374 e. The molecule has 53 valence electrons. The van der Waals surface area contributed by atoms with Crippen LogP contribution >= 0.6 is 0 Å². The van der Waals surface area contributed by atoms with Crippen molar-refractivity contribution in [1.82, 2.24) is 0 Å². The smallest absolute Gasteiger partial charge is 0.180 e. The van der Waals surface area contributed by atoms with Gasteiger partial charge >= 0.3 is 0 Å². The van der Waals surface area contributed by atoms with E-state index in [2.05, 4.69) is 6.92 Å². The van der Waals surface area contributed by atoms with Crippen LogP contribution in [0, 0.1) is 6.92 Å². The fourth-order valence-corrected chi connectivity index (χ4v) is 0.694. The molecule has 1 saturated heterocycles. The van der Waals surface area contributed by atoms with Crippen molar-refractivity contribution >= 4 is 0 Å². The molecular weight excluding hydrogens is 120 g/mol. The normalized spacial score (nSPS) is 28.3. The van der Waals surface area contributed by atoms with Crippen LogP contribution in [0.3, 0.4) is 0 Å². The Morgan fingerprint density at radius 1 is 1.56 bits per heavy atom. The number of hydrogen-bond donors (Lipinski definition) is 0. The number of rotatable bonds is 2. The summed E-state index contributed by atoms with van der Waals surface area (Å²) in [4.78, 5) is 0. The Morgan fingerprint density at radius 3 is 3.00 bits per heavy atom. The van der Waals surface area contributed by atoms with Gasteiger partial charge in [0, 0.05) is 6.61 Å². The van der Waals surface area contributed by atoms with Crippen LogP contribution in [0.25, 0.3) is 0 Å². The van der Waals surface area contributed by atoms with Gasteiger partial charge in [-0.2, -0.15) is 0 Å². The van der Waals surface area contributed by atoms with Crippen molar-refractivity contribution in [2.24, 2.45) is 0 Å². The second kappa shape index (κ2) is 3.82. The van der Waals surface area contributed by atoms with E-state index in [1.165, 1.54) is 0 Å². The Morgan fingerprint density at radius 2 is 2.44 bits per heavy atom. The molecule has 0 amide bonds. The molecule has 0 aromatic rings. The quantitative estimate of drug-likeness (QED) is 0.536. The molecule has 3 nitrogen and oxygen atoms in total. The summed E-state index contributed by atoms with van der Waals surface area (Å²) in [7, 11) is 0. The second-order valence-corrected chi connectivity index (χ2v) is 1.75. The first-order valence-electron chi connectivity index (χ1n) is 3.03. The summed E-state index contributed by atoms with van der Waals surface area (Å²) in [6.07, 6.45) is -0.184. The molecular formula is C6H11O3. The van der Waals surface area contributed by atoms with Crippen molar-refractivity contribution in [2.45, 2.75) is 6.29 Å². The molecule has 0 saturated carbocycles. The van der Waals surface area contributed by atoms with Gasteiger partial charge in [-0.1, -0.05) is 0 Å². The second-order valence-electron chi connectivity index (χ2n) is 1.75. The lowest BCUT2D eigenvalue weighted by Crippen LogP contribution is -2.30. The topological polar surface area (TPSA) is 27.7 Å². The van der Waals surface area contributed by atoms with Crippen LogP contribution in [-0.4, -0.2) is 32.7 Å². The summed E-state index contributed by atoms with van der Waals surface area (Å²) in [5, 5.41) is 0. The molecule has 1 fully saturated rings. The number of ether oxygens (including phenoxy) is 3. The van der Waals surface area contributed by atoms with E-state index in [9.17, 15) is 0 Å². The van der Waals surface area contributed by atoms with Crippen LogP contribution in [0.1, 0.15) is 0 Å².